The Morgan fingerprint density at radius 2 is 1.85 bits per heavy atom. The van der Waals surface area contributed by atoms with E-state index in [1.807, 2.05) is 17.7 Å². The standard InChI is InChI=1S/C21H30FNO2Si/c1-21(2,3)26(5,6)25-13-14-11-17-15-9-7-8-10-19(24)16(15)12-18(22)20(17)23(14)4/h11-12H,7-10,13H2,1-6H3. The van der Waals surface area contributed by atoms with E-state index in [9.17, 15) is 9.18 Å². The number of nitrogens with zero attached hydrogens (tertiary/aromatic N) is 1. The van der Waals surface area contributed by atoms with Crippen molar-refractivity contribution in [1.82, 2.24) is 4.57 Å². The largest absolute Gasteiger partial charge is 0.411 e. The van der Waals surface area contributed by atoms with E-state index in [1.54, 1.807) is 0 Å². The van der Waals surface area contributed by atoms with Crippen molar-refractivity contribution in [3.05, 3.63) is 34.8 Å². The van der Waals surface area contributed by atoms with Gasteiger partial charge in [0.25, 0.3) is 0 Å². The molecule has 0 spiro atoms. The van der Waals surface area contributed by atoms with Gasteiger partial charge in [-0.05, 0) is 55.1 Å². The molecule has 0 N–H and O–H groups in total. The molecule has 0 amide bonds. The number of aromatic nitrogens is 1. The van der Waals surface area contributed by atoms with Gasteiger partial charge in [-0.3, -0.25) is 4.79 Å². The molecule has 0 unspecified atom stereocenters. The topological polar surface area (TPSA) is 31.2 Å². The summed E-state index contributed by atoms with van der Waals surface area (Å²) in [6, 6.07) is 3.48. The number of aryl methyl sites for hydroxylation is 2. The normalized spacial score (nSPS) is 16.0. The maximum absolute atomic E-state index is 14.8. The molecule has 2 aromatic rings. The lowest BCUT2D eigenvalue weighted by Crippen LogP contribution is -2.40. The van der Waals surface area contributed by atoms with Crippen molar-refractivity contribution in [2.45, 2.75) is 71.2 Å². The van der Waals surface area contributed by atoms with E-state index < -0.39 is 8.32 Å². The number of hydrogen-bond acceptors (Lipinski definition) is 2. The van der Waals surface area contributed by atoms with E-state index in [1.165, 1.54) is 6.07 Å². The summed E-state index contributed by atoms with van der Waals surface area (Å²) >= 11 is 0. The highest BCUT2D eigenvalue weighted by atomic mass is 28.4. The minimum atomic E-state index is -1.88. The Balaban J connectivity index is 2.04. The molecule has 1 heterocycles. The van der Waals surface area contributed by atoms with Crippen LogP contribution in [-0.2, 0) is 24.5 Å². The van der Waals surface area contributed by atoms with Crippen molar-refractivity contribution < 1.29 is 13.6 Å². The van der Waals surface area contributed by atoms with Gasteiger partial charge in [0.05, 0.1) is 12.1 Å². The van der Waals surface area contributed by atoms with E-state index >= 15 is 0 Å². The number of hydrogen-bond donors (Lipinski definition) is 0. The maximum Gasteiger partial charge on any atom is 0.192 e. The number of ketones is 1. The summed E-state index contributed by atoms with van der Waals surface area (Å²) < 4.78 is 23.1. The summed E-state index contributed by atoms with van der Waals surface area (Å²) in [5.74, 6) is -0.240. The van der Waals surface area contributed by atoms with Crippen LogP contribution in [0, 0.1) is 5.82 Å². The van der Waals surface area contributed by atoms with Gasteiger partial charge < -0.3 is 8.99 Å². The second kappa shape index (κ2) is 6.61. The lowest BCUT2D eigenvalue weighted by atomic mass is 9.98. The molecule has 1 aromatic carbocycles. The molecule has 0 aliphatic heterocycles. The summed E-state index contributed by atoms with van der Waals surface area (Å²) in [5, 5.41) is 1.01. The van der Waals surface area contributed by atoms with Gasteiger partial charge in [-0.2, -0.15) is 0 Å². The molecule has 5 heteroatoms. The number of carbonyl (C=O) groups excluding carboxylic acids is 1. The summed E-state index contributed by atoms with van der Waals surface area (Å²) in [7, 11) is 0.00764. The fraction of sp³-hybridized carbons (Fsp3) is 0.571. The average molecular weight is 376 g/mol. The van der Waals surface area contributed by atoms with Crippen molar-refractivity contribution in [1.29, 1.82) is 0 Å². The molecule has 0 fully saturated rings. The summed E-state index contributed by atoms with van der Waals surface area (Å²) in [4.78, 5) is 12.4. The Bertz CT molecular complexity index is 861. The van der Waals surface area contributed by atoms with Crippen LogP contribution in [0.5, 0.6) is 0 Å². The highest BCUT2D eigenvalue weighted by Gasteiger charge is 2.37. The summed E-state index contributed by atoms with van der Waals surface area (Å²) in [6.07, 6.45) is 3.21. The Kier molecular flexibility index (Phi) is 4.91. The van der Waals surface area contributed by atoms with Crippen molar-refractivity contribution in [3.63, 3.8) is 0 Å². The minimum Gasteiger partial charge on any atom is -0.411 e. The van der Waals surface area contributed by atoms with Crippen molar-refractivity contribution >= 4 is 25.0 Å². The monoisotopic (exact) mass is 375 g/mol. The van der Waals surface area contributed by atoms with Gasteiger partial charge in [0.1, 0.15) is 5.82 Å². The molecule has 3 rings (SSSR count). The smallest absolute Gasteiger partial charge is 0.192 e. The number of benzene rings is 1. The fourth-order valence-electron chi connectivity index (χ4n) is 3.45. The molecule has 0 atom stereocenters. The first-order valence-corrected chi connectivity index (χ1v) is 12.4. The number of rotatable bonds is 3. The number of halogens is 1. The van der Waals surface area contributed by atoms with Crippen molar-refractivity contribution in [3.8, 4) is 0 Å². The maximum atomic E-state index is 14.8. The lowest BCUT2D eigenvalue weighted by Gasteiger charge is -2.36. The van der Waals surface area contributed by atoms with E-state index in [-0.39, 0.29) is 16.6 Å². The molecule has 1 aliphatic rings. The van der Waals surface area contributed by atoms with E-state index in [2.05, 4.69) is 33.9 Å². The van der Waals surface area contributed by atoms with Crippen LogP contribution in [0.1, 0.15) is 61.6 Å². The first-order chi connectivity index (χ1) is 12.0. The summed E-state index contributed by atoms with van der Waals surface area (Å²) in [6.45, 7) is 11.6. The van der Waals surface area contributed by atoms with E-state index in [0.29, 0.717) is 24.1 Å². The van der Waals surface area contributed by atoms with E-state index in [0.717, 1.165) is 35.9 Å². The first-order valence-electron chi connectivity index (χ1n) is 9.50. The van der Waals surface area contributed by atoms with Gasteiger partial charge in [-0.15, -0.1) is 0 Å². The third-order valence-corrected chi connectivity index (χ3v) is 10.7. The molecule has 0 saturated heterocycles. The second-order valence-corrected chi connectivity index (χ2v) is 13.8. The molecular formula is C21H30FNO2Si. The van der Waals surface area contributed by atoms with Gasteiger partial charge in [0.2, 0.25) is 0 Å². The molecule has 0 saturated carbocycles. The number of Topliss-reactive ketones (excluding diaryl/α,β-unsaturated/α-hetero) is 1. The predicted octanol–water partition coefficient (Wildman–Crippen LogP) is 5.75. The molecule has 142 valence electrons. The van der Waals surface area contributed by atoms with Crippen LogP contribution in [0.15, 0.2) is 12.1 Å². The zero-order valence-corrected chi connectivity index (χ0v) is 17.8. The SMILES string of the molecule is Cn1c(CO[Si](C)(C)C(C)(C)C)cc2c3c(cc(F)c21)C(=O)CCCC3. The molecule has 1 aromatic heterocycles. The van der Waals surface area contributed by atoms with Crippen LogP contribution in [0.25, 0.3) is 10.9 Å². The van der Waals surface area contributed by atoms with Gasteiger partial charge in [-0.25, -0.2) is 4.39 Å². The summed E-state index contributed by atoms with van der Waals surface area (Å²) in [5.41, 5.74) is 3.15. The Labute approximate surface area is 156 Å². The average Bonchev–Trinajstić information content (AvgIpc) is 2.75. The molecular weight excluding hydrogens is 345 g/mol. The Morgan fingerprint density at radius 1 is 1.19 bits per heavy atom. The van der Waals surface area contributed by atoms with Crippen LogP contribution in [0.3, 0.4) is 0 Å². The van der Waals surface area contributed by atoms with Gasteiger partial charge in [0.15, 0.2) is 14.1 Å². The predicted molar refractivity (Wildman–Crippen MR) is 107 cm³/mol. The Hall–Kier alpha value is -1.46. The van der Waals surface area contributed by atoms with Gasteiger partial charge >= 0.3 is 0 Å². The van der Waals surface area contributed by atoms with Gasteiger partial charge in [-0.1, -0.05) is 20.8 Å². The number of carbonyl (C=O) groups is 1. The van der Waals surface area contributed by atoms with Crippen LogP contribution in [-0.4, -0.2) is 18.7 Å². The fourth-order valence-corrected chi connectivity index (χ4v) is 4.39. The van der Waals surface area contributed by atoms with Crippen LogP contribution in [0.4, 0.5) is 4.39 Å². The van der Waals surface area contributed by atoms with Crippen LogP contribution < -0.4 is 0 Å². The quantitative estimate of drug-likeness (QED) is 0.505. The molecule has 3 nitrogen and oxygen atoms in total. The van der Waals surface area contributed by atoms with E-state index in [4.69, 9.17) is 4.43 Å². The highest BCUT2D eigenvalue weighted by molar-refractivity contribution is 6.74. The van der Waals surface area contributed by atoms with Crippen LogP contribution in [0.2, 0.25) is 18.1 Å². The van der Waals surface area contributed by atoms with Crippen molar-refractivity contribution in [2.75, 3.05) is 0 Å². The van der Waals surface area contributed by atoms with Crippen LogP contribution >= 0.6 is 0 Å². The number of fused-ring (bicyclic) bond motifs is 3. The Morgan fingerprint density at radius 3 is 2.50 bits per heavy atom. The second-order valence-electron chi connectivity index (χ2n) is 9.02. The van der Waals surface area contributed by atoms with Gasteiger partial charge in [0, 0.05) is 30.1 Å². The zero-order chi connectivity index (χ0) is 19.3. The molecule has 0 radical (unpaired) electrons. The highest BCUT2D eigenvalue weighted by Crippen LogP contribution is 2.38. The van der Waals surface area contributed by atoms with Crippen molar-refractivity contribution in [2.24, 2.45) is 7.05 Å². The molecule has 1 aliphatic carbocycles. The zero-order valence-electron chi connectivity index (χ0n) is 16.8. The third-order valence-electron chi connectivity index (χ3n) is 6.25. The molecule has 26 heavy (non-hydrogen) atoms. The minimum absolute atomic E-state index is 0.0706. The third kappa shape index (κ3) is 3.27. The lowest BCUT2D eigenvalue weighted by molar-refractivity contribution is 0.0981. The molecule has 0 bridgehead atoms. The first kappa shape index (κ1) is 19.3.